The zero-order valence-electron chi connectivity index (χ0n) is 18.2. The van der Waals surface area contributed by atoms with E-state index in [1.165, 1.54) is 0 Å². The number of rotatable bonds is 5. The van der Waals surface area contributed by atoms with Gasteiger partial charge in [-0.15, -0.1) is 0 Å². The summed E-state index contributed by atoms with van der Waals surface area (Å²) in [7, 11) is -3.20. The van der Waals surface area contributed by atoms with Crippen molar-refractivity contribution in [3.63, 3.8) is 0 Å². The summed E-state index contributed by atoms with van der Waals surface area (Å²) < 4.78 is 24.7. The third-order valence-corrected chi connectivity index (χ3v) is 8.00. The van der Waals surface area contributed by atoms with E-state index >= 15 is 0 Å². The van der Waals surface area contributed by atoms with Crippen molar-refractivity contribution < 1.29 is 18.0 Å². The summed E-state index contributed by atoms with van der Waals surface area (Å²) in [4.78, 5) is 27.8. The number of benzene rings is 2. The number of sulfone groups is 1. The lowest BCUT2D eigenvalue weighted by Gasteiger charge is -2.35. The van der Waals surface area contributed by atoms with Gasteiger partial charge in [0.25, 0.3) is 11.8 Å². The van der Waals surface area contributed by atoms with Crippen LogP contribution in [0.25, 0.3) is 0 Å². The van der Waals surface area contributed by atoms with Crippen molar-refractivity contribution in [3.8, 4) is 0 Å². The summed E-state index contributed by atoms with van der Waals surface area (Å²) in [5.74, 6) is -0.532. The van der Waals surface area contributed by atoms with Gasteiger partial charge in [-0.2, -0.15) is 0 Å². The first kappa shape index (κ1) is 22.5. The molecule has 8 heteroatoms. The van der Waals surface area contributed by atoms with E-state index in [0.717, 1.165) is 37.9 Å². The minimum atomic E-state index is -3.20. The van der Waals surface area contributed by atoms with E-state index in [9.17, 15) is 18.0 Å². The Kier molecular flexibility index (Phi) is 6.62. The number of anilines is 1. The van der Waals surface area contributed by atoms with Gasteiger partial charge in [-0.25, -0.2) is 8.42 Å². The molecular formula is C24H29N3O4S. The van der Waals surface area contributed by atoms with Crippen LogP contribution < -0.4 is 10.6 Å². The highest BCUT2D eigenvalue weighted by atomic mass is 32.2. The number of carbonyl (C=O) groups excluding carboxylic acids is 2. The molecule has 32 heavy (non-hydrogen) atoms. The van der Waals surface area contributed by atoms with Crippen LogP contribution in [0.2, 0.25) is 0 Å². The number of amides is 2. The number of nitrogens with zero attached hydrogens (tertiary/aromatic N) is 1. The van der Waals surface area contributed by atoms with Crippen LogP contribution in [-0.4, -0.2) is 61.8 Å². The maximum absolute atomic E-state index is 13.0. The lowest BCUT2D eigenvalue weighted by molar-refractivity contribution is 0.0899. The van der Waals surface area contributed by atoms with Gasteiger partial charge in [0.05, 0.1) is 17.5 Å². The molecule has 170 valence electrons. The second-order valence-electron chi connectivity index (χ2n) is 8.67. The van der Waals surface area contributed by atoms with Crippen LogP contribution in [0.4, 0.5) is 5.69 Å². The Balaban J connectivity index is 1.49. The summed E-state index contributed by atoms with van der Waals surface area (Å²) in [6, 6.07) is 13.4. The van der Waals surface area contributed by atoms with Gasteiger partial charge in [-0.1, -0.05) is 30.7 Å². The van der Waals surface area contributed by atoms with Crippen LogP contribution in [0.3, 0.4) is 0 Å². The fourth-order valence-corrected chi connectivity index (χ4v) is 6.46. The highest BCUT2D eigenvalue weighted by Gasteiger charge is 2.42. The largest absolute Gasteiger partial charge is 0.347 e. The Morgan fingerprint density at radius 1 is 0.906 bits per heavy atom. The van der Waals surface area contributed by atoms with Gasteiger partial charge in [0.2, 0.25) is 0 Å². The van der Waals surface area contributed by atoms with Crippen molar-refractivity contribution in [1.29, 1.82) is 0 Å². The van der Waals surface area contributed by atoms with Crippen LogP contribution in [0.15, 0.2) is 48.5 Å². The van der Waals surface area contributed by atoms with Gasteiger partial charge in [0.15, 0.2) is 9.84 Å². The van der Waals surface area contributed by atoms with Crippen molar-refractivity contribution in [2.45, 2.75) is 38.3 Å². The molecule has 2 aliphatic heterocycles. The number of hydrogen-bond donors (Lipinski definition) is 2. The Hall–Kier alpha value is -2.71. The molecule has 2 saturated heterocycles. The first-order valence-electron chi connectivity index (χ1n) is 11.0. The molecule has 0 aliphatic carbocycles. The van der Waals surface area contributed by atoms with E-state index in [-0.39, 0.29) is 29.4 Å². The van der Waals surface area contributed by atoms with Crippen molar-refractivity contribution in [1.82, 2.24) is 10.2 Å². The Morgan fingerprint density at radius 2 is 1.62 bits per heavy atom. The van der Waals surface area contributed by atoms with Crippen LogP contribution in [0.5, 0.6) is 0 Å². The molecule has 0 spiro atoms. The molecule has 2 atom stereocenters. The lowest BCUT2D eigenvalue weighted by Crippen LogP contribution is -2.52. The van der Waals surface area contributed by atoms with E-state index in [0.29, 0.717) is 16.8 Å². The number of carbonyl (C=O) groups is 2. The number of likely N-dealkylation sites (tertiary alicyclic amines) is 1. The van der Waals surface area contributed by atoms with Gasteiger partial charge >= 0.3 is 0 Å². The summed E-state index contributed by atoms with van der Waals surface area (Å²) >= 11 is 0. The second kappa shape index (κ2) is 9.42. The highest BCUT2D eigenvalue weighted by molar-refractivity contribution is 7.91. The van der Waals surface area contributed by atoms with Crippen LogP contribution in [-0.2, 0) is 9.84 Å². The van der Waals surface area contributed by atoms with E-state index < -0.39 is 15.9 Å². The van der Waals surface area contributed by atoms with E-state index in [1.807, 2.05) is 13.0 Å². The Labute approximate surface area is 189 Å². The topological polar surface area (TPSA) is 95.6 Å². The molecule has 2 heterocycles. The smallest absolute Gasteiger partial charge is 0.255 e. The molecule has 2 N–H and O–H groups in total. The van der Waals surface area contributed by atoms with Crippen molar-refractivity contribution in [2.75, 3.05) is 29.9 Å². The first-order valence-corrected chi connectivity index (χ1v) is 12.9. The summed E-state index contributed by atoms with van der Waals surface area (Å²) in [6.45, 7) is 3.59. The van der Waals surface area contributed by atoms with E-state index in [1.54, 1.807) is 42.5 Å². The van der Waals surface area contributed by atoms with Gasteiger partial charge < -0.3 is 10.6 Å². The normalized spacial score (nSPS) is 22.9. The highest BCUT2D eigenvalue weighted by Crippen LogP contribution is 2.24. The Bertz CT molecular complexity index is 1100. The number of hydrogen-bond acceptors (Lipinski definition) is 5. The molecule has 0 aromatic heterocycles. The molecule has 2 aromatic carbocycles. The van der Waals surface area contributed by atoms with Crippen molar-refractivity contribution >= 4 is 27.3 Å². The van der Waals surface area contributed by atoms with Gasteiger partial charge in [0.1, 0.15) is 0 Å². The maximum Gasteiger partial charge on any atom is 0.255 e. The van der Waals surface area contributed by atoms with Gasteiger partial charge in [0, 0.05) is 22.9 Å². The molecule has 0 radical (unpaired) electrons. The predicted molar refractivity (Wildman–Crippen MR) is 125 cm³/mol. The average Bonchev–Trinajstić information content (AvgIpc) is 3.10. The molecule has 2 unspecified atom stereocenters. The first-order chi connectivity index (χ1) is 15.3. The van der Waals surface area contributed by atoms with Crippen LogP contribution in [0, 0.1) is 6.92 Å². The molecule has 4 rings (SSSR count). The molecule has 0 saturated carbocycles. The van der Waals surface area contributed by atoms with Gasteiger partial charge in [-0.3, -0.25) is 14.5 Å². The Morgan fingerprint density at radius 3 is 2.34 bits per heavy atom. The zero-order chi connectivity index (χ0) is 22.7. The molecule has 2 aliphatic rings. The van der Waals surface area contributed by atoms with Crippen LogP contribution >= 0.6 is 0 Å². The van der Waals surface area contributed by atoms with Crippen molar-refractivity contribution in [3.05, 3.63) is 65.2 Å². The minimum Gasteiger partial charge on any atom is -0.347 e. The fraction of sp³-hybridized carbons (Fsp3) is 0.417. The zero-order valence-corrected chi connectivity index (χ0v) is 19.0. The van der Waals surface area contributed by atoms with Crippen molar-refractivity contribution in [2.24, 2.45) is 0 Å². The standard InChI is InChI=1S/C24H29N3O4S/c1-17-10-11-19(14-20(17)25-23(28)18-8-4-2-5-9-18)24(29)26-21-15-32(30,31)16-22(21)27-12-6-3-7-13-27/h2,4-5,8-11,14,21-22H,3,6-7,12-13,15-16H2,1H3,(H,25,28)(H,26,29). The third kappa shape index (κ3) is 5.19. The predicted octanol–water partition coefficient (Wildman–Crippen LogP) is 2.63. The lowest BCUT2D eigenvalue weighted by atomic mass is 10.0. The summed E-state index contributed by atoms with van der Waals surface area (Å²) in [5, 5.41) is 5.82. The summed E-state index contributed by atoms with van der Waals surface area (Å²) in [5.41, 5.74) is 2.31. The van der Waals surface area contributed by atoms with Gasteiger partial charge in [-0.05, 0) is 62.7 Å². The number of piperidine rings is 1. The molecule has 2 fully saturated rings. The summed E-state index contributed by atoms with van der Waals surface area (Å²) in [6.07, 6.45) is 3.27. The molecule has 0 bridgehead atoms. The second-order valence-corrected chi connectivity index (χ2v) is 10.8. The minimum absolute atomic E-state index is 0.0383. The number of aryl methyl sites for hydroxylation is 1. The average molecular weight is 456 g/mol. The molecule has 2 amide bonds. The third-order valence-electron chi connectivity index (χ3n) is 6.28. The fourth-order valence-electron chi connectivity index (χ4n) is 4.51. The maximum atomic E-state index is 13.0. The van der Waals surface area contributed by atoms with Crippen LogP contribution in [0.1, 0.15) is 45.5 Å². The molecular weight excluding hydrogens is 426 g/mol. The molecule has 7 nitrogen and oxygen atoms in total. The molecule has 2 aromatic rings. The van der Waals surface area contributed by atoms with E-state index in [4.69, 9.17) is 0 Å². The quantitative estimate of drug-likeness (QED) is 0.723. The SMILES string of the molecule is Cc1ccc(C(=O)NC2CS(=O)(=O)CC2N2CCCCC2)cc1NC(=O)c1ccccc1. The number of nitrogens with one attached hydrogen (secondary N) is 2. The monoisotopic (exact) mass is 455 g/mol. The van der Waals surface area contributed by atoms with E-state index in [2.05, 4.69) is 15.5 Å².